The summed E-state index contributed by atoms with van der Waals surface area (Å²) in [4.78, 5) is 18.9. The molecule has 3 N–H and O–H groups in total. The van der Waals surface area contributed by atoms with Crippen LogP contribution in [0.1, 0.15) is 24.2 Å². The average Bonchev–Trinajstić information content (AvgIpc) is 3.32. The van der Waals surface area contributed by atoms with Gasteiger partial charge in [0.2, 0.25) is 0 Å². The smallest absolute Gasteiger partial charge is 0.322 e. The number of rotatable bonds is 6. The number of amides is 2. The van der Waals surface area contributed by atoms with Crippen LogP contribution in [-0.4, -0.2) is 38.4 Å². The Bertz CT molecular complexity index is 1250. The lowest BCUT2D eigenvalue weighted by Crippen LogP contribution is -2.33. The van der Waals surface area contributed by atoms with E-state index in [2.05, 4.69) is 31.0 Å². The van der Waals surface area contributed by atoms with Crippen LogP contribution in [0.3, 0.4) is 0 Å². The Balaban J connectivity index is 1.55. The van der Waals surface area contributed by atoms with Crippen LogP contribution in [0, 0.1) is 5.82 Å². The summed E-state index contributed by atoms with van der Waals surface area (Å²) in [5.74, 6) is 0.175. The number of aromatic nitrogens is 4. The largest absolute Gasteiger partial charge is 0.364 e. The van der Waals surface area contributed by atoms with Crippen molar-refractivity contribution in [2.75, 3.05) is 17.7 Å². The number of H-pyrrole nitrogens is 1. The van der Waals surface area contributed by atoms with E-state index >= 15 is 0 Å². The van der Waals surface area contributed by atoms with Crippen molar-refractivity contribution in [1.29, 1.82) is 0 Å². The van der Waals surface area contributed by atoms with Gasteiger partial charge in [0.05, 0.1) is 23.8 Å². The van der Waals surface area contributed by atoms with E-state index in [0.29, 0.717) is 18.1 Å². The summed E-state index contributed by atoms with van der Waals surface area (Å²) in [6.07, 6.45) is 3.41. The first-order valence-electron chi connectivity index (χ1n) is 9.89. The molecule has 0 spiro atoms. The molecular weight excluding hydrogens is 433 g/mol. The van der Waals surface area contributed by atoms with Crippen molar-refractivity contribution < 1.29 is 9.18 Å². The van der Waals surface area contributed by atoms with E-state index in [-0.39, 0.29) is 17.1 Å². The summed E-state index contributed by atoms with van der Waals surface area (Å²) in [6, 6.07) is 11.3. The number of fused-ring (bicyclic) bond motifs is 1. The SMILES string of the molecule is C[C@@H](c1cnc(NCc2cn[nH]n2)c2ccccc12)N(C)C(=O)Nc1ccc(F)c(Cl)c1. The number of anilines is 2. The number of benzene rings is 2. The second kappa shape index (κ2) is 9.19. The van der Waals surface area contributed by atoms with Crippen LogP contribution in [0.25, 0.3) is 10.8 Å². The quantitative estimate of drug-likeness (QED) is 0.382. The predicted molar refractivity (Wildman–Crippen MR) is 122 cm³/mol. The molecule has 164 valence electrons. The predicted octanol–water partition coefficient (Wildman–Crippen LogP) is 4.98. The minimum atomic E-state index is -0.541. The van der Waals surface area contributed by atoms with Gasteiger partial charge in [-0.15, -0.1) is 0 Å². The molecule has 0 aliphatic carbocycles. The maximum Gasteiger partial charge on any atom is 0.322 e. The van der Waals surface area contributed by atoms with Gasteiger partial charge in [0.1, 0.15) is 17.3 Å². The fourth-order valence-electron chi connectivity index (χ4n) is 3.34. The number of hydrogen-bond donors (Lipinski definition) is 3. The fraction of sp³-hybridized carbons (Fsp3) is 0.182. The van der Waals surface area contributed by atoms with Crippen molar-refractivity contribution in [2.24, 2.45) is 0 Å². The average molecular weight is 454 g/mol. The summed E-state index contributed by atoms with van der Waals surface area (Å²) >= 11 is 5.81. The molecule has 2 aromatic heterocycles. The van der Waals surface area contributed by atoms with E-state index in [0.717, 1.165) is 22.0 Å². The lowest BCUT2D eigenvalue weighted by Gasteiger charge is -2.27. The third-order valence-electron chi connectivity index (χ3n) is 5.25. The van der Waals surface area contributed by atoms with Gasteiger partial charge < -0.3 is 15.5 Å². The summed E-state index contributed by atoms with van der Waals surface area (Å²) in [5, 5.41) is 18.3. The summed E-state index contributed by atoms with van der Waals surface area (Å²) in [7, 11) is 1.69. The molecule has 0 aliphatic heterocycles. The molecule has 4 aromatic rings. The van der Waals surface area contributed by atoms with Gasteiger partial charge in [0.25, 0.3) is 0 Å². The zero-order valence-electron chi connectivity index (χ0n) is 17.4. The van der Waals surface area contributed by atoms with Crippen LogP contribution in [0.15, 0.2) is 54.9 Å². The van der Waals surface area contributed by atoms with Gasteiger partial charge in [-0.2, -0.15) is 15.4 Å². The van der Waals surface area contributed by atoms with Crippen LogP contribution in [0.2, 0.25) is 5.02 Å². The summed E-state index contributed by atoms with van der Waals surface area (Å²) in [5.41, 5.74) is 2.07. The van der Waals surface area contributed by atoms with Gasteiger partial charge in [-0.3, -0.25) is 0 Å². The number of nitrogens with one attached hydrogen (secondary N) is 3. The normalized spacial score (nSPS) is 11.9. The maximum absolute atomic E-state index is 13.4. The standard InChI is InChI=1S/C22H21ClFN7O/c1-13(31(2)22(32)28-14-7-8-20(24)19(23)9-14)18-12-26-21(17-6-4-3-5-16(17)18)25-10-15-11-27-30-29-15/h3-9,11-13H,10H2,1-2H3,(H,25,26)(H,28,32)(H,27,29,30)/t13-/m0/s1. The van der Waals surface area contributed by atoms with E-state index < -0.39 is 5.82 Å². The topological polar surface area (TPSA) is 98.8 Å². The van der Waals surface area contributed by atoms with E-state index in [1.165, 1.54) is 18.2 Å². The first kappa shape index (κ1) is 21.5. The Morgan fingerprint density at radius 3 is 2.72 bits per heavy atom. The van der Waals surface area contributed by atoms with Crippen LogP contribution in [0.5, 0.6) is 0 Å². The third kappa shape index (κ3) is 4.47. The van der Waals surface area contributed by atoms with Crippen molar-refractivity contribution in [3.63, 3.8) is 0 Å². The van der Waals surface area contributed by atoms with Gasteiger partial charge in [0, 0.05) is 29.9 Å². The lowest BCUT2D eigenvalue weighted by molar-refractivity contribution is 0.208. The fourth-order valence-corrected chi connectivity index (χ4v) is 3.52. The van der Waals surface area contributed by atoms with E-state index in [9.17, 15) is 9.18 Å². The molecule has 2 aromatic carbocycles. The molecule has 4 rings (SSSR count). The van der Waals surface area contributed by atoms with Crippen LogP contribution >= 0.6 is 11.6 Å². The number of halogens is 2. The first-order chi connectivity index (χ1) is 15.4. The van der Waals surface area contributed by atoms with E-state index in [1.807, 2.05) is 31.2 Å². The Kier molecular flexibility index (Phi) is 6.18. The van der Waals surface area contributed by atoms with Crippen molar-refractivity contribution in [3.05, 3.63) is 77.0 Å². The lowest BCUT2D eigenvalue weighted by atomic mass is 10.0. The number of carbonyl (C=O) groups excluding carboxylic acids is 1. The molecule has 1 atom stereocenters. The summed E-state index contributed by atoms with van der Waals surface area (Å²) < 4.78 is 13.4. The zero-order chi connectivity index (χ0) is 22.7. The number of hydrogen-bond acceptors (Lipinski definition) is 5. The molecule has 2 heterocycles. The highest BCUT2D eigenvalue weighted by molar-refractivity contribution is 6.31. The maximum atomic E-state index is 13.4. The molecule has 2 amide bonds. The van der Waals surface area contributed by atoms with Crippen LogP contribution in [0.4, 0.5) is 20.7 Å². The monoisotopic (exact) mass is 453 g/mol. The minimum Gasteiger partial charge on any atom is -0.364 e. The number of carbonyl (C=O) groups is 1. The molecule has 32 heavy (non-hydrogen) atoms. The van der Waals surface area contributed by atoms with Crippen LogP contribution in [-0.2, 0) is 6.54 Å². The van der Waals surface area contributed by atoms with Crippen molar-refractivity contribution in [3.8, 4) is 0 Å². The minimum absolute atomic E-state index is 0.0533. The molecular formula is C22H21ClFN7O. The molecule has 0 saturated heterocycles. The molecule has 0 bridgehead atoms. The Morgan fingerprint density at radius 2 is 2.00 bits per heavy atom. The highest BCUT2D eigenvalue weighted by Gasteiger charge is 2.21. The Labute approximate surface area is 188 Å². The Hall–Kier alpha value is -3.72. The summed E-state index contributed by atoms with van der Waals surface area (Å²) in [6.45, 7) is 2.40. The third-order valence-corrected chi connectivity index (χ3v) is 5.54. The number of urea groups is 1. The number of aromatic amines is 1. The first-order valence-corrected chi connectivity index (χ1v) is 10.3. The van der Waals surface area contributed by atoms with Crippen molar-refractivity contribution >= 4 is 39.9 Å². The molecule has 0 unspecified atom stereocenters. The van der Waals surface area contributed by atoms with E-state index in [1.54, 1.807) is 24.3 Å². The molecule has 0 radical (unpaired) electrons. The van der Waals surface area contributed by atoms with Gasteiger partial charge in [-0.1, -0.05) is 35.9 Å². The van der Waals surface area contributed by atoms with Gasteiger partial charge in [0.15, 0.2) is 0 Å². The molecule has 10 heteroatoms. The second-order valence-electron chi connectivity index (χ2n) is 7.27. The Morgan fingerprint density at radius 1 is 1.22 bits per heavy atom. The van der Waals surface area contributed by atoms with Gasteiger partial charge in [-0.25, -0.2) is 14.2 Å². The number of nitrogens with zero attached hydrogens (tertiary/aromatic N) is 4. The van der Waals surface area contributed by atoms with Gasteiger partial charge >= 0.3 is 6.03 Å². The highest BCUT2D eigenvalue weighted by atomic mass is 35.5. The number of pyridine rings is 1. The van der Waals surface area contributed by atoms with Gasteiger partial charge in [-0.05, 0) is 30.5 Å². The van der Waals surface area contributed by atoms with E-state index in [4.69, 9.17) is 11.6 Å². The highest BCUT2D eigenvalue weighted by Crippen LogP contribution is 2.31. The van der Waals surface area contributed by atoms with Crippen LogP contribution < -0.4 is 10.6 Å². The second-order valence-corrected chi connectivity index (χ2v) is 7.68. The molecule has 8 nitrogen and oxygen atoms in total. The van der Waals surface area contributed by atoms with Crippen molar-refractivity contribution in [1.82, 2.24) is 25.3 Å². The van der Waals surface area contributed by atoms with Crippen molar-refractivity contribution in [2.45, 2.75) is 19.5 Å². The molecule has 0 aliphatic rings. The molecule has 0 saturated carbocycles. The zero-order valence-corrected chi connectivity index (χ0v) is 18.2. The molecule has 0 fully saturated rings.